The minimum atomic E-state index is -0.276. The van der Waals surface area contributed by atoms with Crippen molar-refractivity contribution in [1.82, 2.24) is 9.80 Å². The Bertz CT molecular complexity index is 826. The predicted molar refractivity (Wildman–Crippen MR) is 101 cm³/mol. The molecule has 0 aliphatic carbocycles. The fourth-order valence-electron chi connectivity index (χ4n) is 4.29. The Labute approximate surface area is 153 Å². The molecule has 0 amide bonds. The number of benzene rings is 1. The van der Waals surface area contributed by atoms with Gasteiger partial charge in [0, 0.05) is 42.2 Å². The van der Waals surface area contributed by atoms with E-state index >= 15 is 0 Å². The average molecular weight is 361 g/mol. The first kappa shape index (κ1) is 17.1. The van der Waals surface area contributed by atoms with Crippen LogP contribution in [0.15, 0.2) is 27.4 Å². The Morgan fingerprint density at radius 3 is 2.72 bits per heavy atom. The standard InChI is InChI=1S/C20H25ClN2O2/c1-2-14-9-19-17(11-18(14)21)15(10-20(24)25-19)12-22-8-5-16(13-22)23-6-3-4-7-23/h9-11,16H,2-8,12-13H2,1H3. The van der Waals surface area contributed by atoms with Crippen molar-refractivity contribution < 1.29 is 4.42 Å². The lowest BCUT2D eigenvalue weighted by Gasteiger charge is -2.24. The first-order valence-corrected chi connectivity index (χ1v) is 9.73. The summed E-state index contributed by atoms with van der Waals surface area (Å²) in [6, 6.07) is 6.18. The zero-order chi connectivity index (χ0) is 17.4. The second kappa shape index (κ2) is 7.10. The van der Waals surface area contributed by atoms with Gasteiger partial charge in [-0.15, -0.1) is 0 Å². The van der Waals surface area contributed by atoms with Crippen molar-refractivity contribution in [2.75, 3.05) is 26.2 Å². The number of nitrogens with zero attached hydrogens (tertiary/aromatic N) is 2. The van der Waals surface area contributed by atoms with E-state index in [0.29, 0.717) is 11.6 Å². The molecule has 2 aromatic rings. The molecule has 0 bridgehead atoms. The second-order valence-corrected chi connectivity index (χ2v) is 7.71. The zero-order valence-electron chi connectivity index (χ0n) is 14.8. The minimum Gasteiger partial charge on any atom is -0.423 e. The van der Waals surface area contributed by atoms with Crippen molar-refractivity contribution in [3.05, 3.63) is 44.8 Å². The molecule has 134 valence electrons. The van der Waals surface area contributed by atoms with E-state index in [9.17, 15) is 4.79 Å². The third-order valence-electron chi connectivity index (χ3n) is 5.68. The molecule has 4 rings (SSSR count). The highest BCUT2D eigenvalue weighted by Gasteiger charge is 2.29. The second-order valence-electron chi connectivity index (χ2n) is 7.30. The monoisotopic (exact) mass is 360 g/mol. The first-order valence-electron chi connectivity index (χ1n) is 9.35. The summed E-state index contributed by atoms with van der Waals surface area (Å²) in [5, 5.41) is 1.72. The molecule has 0 spiro atoms. The molecular formula is C20H25ClN2O2. The van der Waals surface area contributed by atoms with Crippen molar-refractivity contribution >= 4 is 22.6 Å². The van der Waals surface area contributed by atoms with Crippen LogP contribution in [-0.4, -0.2) is 42.0 Å². The van der Waals surface area contributed by atoms with Gasteiger partial charge >= 0.3 is 5.63 Å². The zero-order valence-corrected chi connectivity index (χ0v) is 15.5. The molecule has 25 heavy (non-hydrogen) atoms. The highest BCUT2D eigenvalue weighted by atomic mass is 35.5. The van der Waals surface area contributed by atoms with Gasteiger partial charge in [-0.05, 0) is 62.0 Å². The number of halogens is 1. The SMILES string of the molecule is CCc1cc2oc(=O)cc(CN3CCC(N4CCCC4)C3)c2cc1Cl. The van der Waals surface area contributed by atoms with Gasteiger partial charge in [-0.2, -0.15) is 0 Å². The summed E-state index contributed by atoms with van der Waals surface area (Å²) in [6.07, 6.45) is 4.71. The average Bonchev–Trinajstić information content (AvgIpc) is 3.26. The van der Waals surface area contributed by atoms with Crippen LogP contribution in [0.1, 0.15) is 37.3 Å². The number of rotatable bonds is 4. The van der Waals surface area contributed by atoms with E-state index < -0.39 is 0 Å². The fourth-order valence-corrected chi connectivity index (χ4v) is 4.59. The van der Waals surface area contributed by atoms with Crippen molar-refractivity contribution in [2.45, 2.75) is 45.2 Å². The van der Waals surface area contributed by atoms with Gasteiger partial charge in [0.2, 0.25) is 0 Å². The third kappa shape index (κ3) is 3.48. The molecule has 2 saturated heterocycles. The summed E-state index contributed by atoms with van der Waals surface area (Å²) >= 11 is 6.40. The summed E-state index contributed by atoms with van der Waals surface area (Å²) < 4.78 is 5.43. The van der Waals surface area contributed by atoms with Gasteiger partial charge < -0.3 is 4.42 Å². The molecule has 4 nitrogen and oxygen atoms in total. The molecule has 5 heteroatoms. The molecule has 3 heterocycles. The molecule has 2 aliphatic heterocycles. The van der Waals surface area contributed by atoms with Crippen LogP contribution in [0.4, 0.5) is 0 Å². The van der Waals surface area contributed by atoms with Crippen molar-refractivity contribution in [3.8, 4) is 0 Å². The van der Waals surface area contributed by atoms with Crippen LogP contribution in [0.25, 0.3) is 11.0 Å². The first-order chi connectivity index (χ1) is 12.1. The number of fused-ring (bicyclic) bond motifs is 1. The molecule has 0 radical (unpaired) electrons. The highest BCUT2D eigenvalue weighted by Crippen LogP contribution is 2.28. The number of likely N-dealkylation sites (tertiary alicyclic amines) is 2. The summed E-state index contributed by atoms with van der Waals surface area (Å²) in [7, 11) is 0. The third-order valence-corrected chi connectivity index (χ3v) is 6.03. The van der Waals surface area contributed by atoms with Crippen LogP contribution in [0.2, 0.25) is 5.02 Å². The Balaban J connectivity index is 1.59. The van der Waals surface area contributed by atoms with Crippen molar-refractivity contribution in [1.29, 1.82) is 0 Å². The lowest BCUT2D eigenvalue weighted by Crippen LogP contribution is -2.35. The smallest absolute Gasteiger partial charge is 0.336 e. The summed E-state index contributed by atoms with van der Waals surface area (Å²) in [6.45, 7) is 7.50. The number of hydrogen-bond acceptors (Lipinski definition) is 4. The van der Waals surface area contributed by atoms with E-state index in [1.807, 2.05) is 12.1 Å². The number of aryl methyl sites for hydroxylation is 1. The molecule has 0 N–H and O–H groups in total. The topological polar surface area (TPSA) is 36.7 Å². The maximum absolute atomic E-state index is 12.0. The molecule has 1 aromatic carbocycles. The van der Waals surface area contributed by atoms with E-state index in [-0.39, 0.29) is 5.63 Å². The van der Waals surface area contributed by atoms with E-state index in [1.165, 1.54) is 32.4 Å². The molecule has 1 aromatic heterocycles. The molecule has 2 fully saturated rings. The number of hydrogen-bond donors (Lipinski definition) is 0. The predicted octanol–water partition coefficient (Wildman–Crippen LogP) is 3.68. The Hall–Kier alpha value is -1.36. The molecule has 0 saturated carbocycles. The van der Waals surface area contributed by atoms with Gasteiger partial charge in [0.25, 0.3) is 0 Å². The van der Waals surface area contributed by atoms with Crippen LogP contribution in [0.5, 0.6) is 0 Å². The largest absolute Gasteiger partial charge is 0.423 e. The lowest BCUT2D eigenvalue weighted by molar-refractivity contribution is 0.230. The molecule has 1 atom stereocenters. The van der Waals surface area contributed by atoms with Gasteiger partial charge in [-0.3, -0.25) is 9.80 Å². The molecular weight excluding hydrogens is 336 g/mol. The van der Waals surface area contributed by atoms with Crippen LogP contribution in [0.3, 0.4) is 0 Å². The molecule has 1 unspecified atom stereocenters. The van der Waals surface area contributed by atoms with Crippen molar-refractivity contribution in [2.24, 2.45) is 0 Å². The summed E-state index contributed by atoms with van der Waals surface area (Å²) in [5.74, 6) is 0. The van der Waals surface area contributed by atoms with Crippen LogP contribution in [0, 0.1) is 0 Å². The quantitative estimate of drug-likeness (QED) is 0.779. The van der Waals surface area contributed by atoms with Gasteiger partial charge in [-0.25, -0.2) is 4.79 Å². The van der Waals surface area contributed by atoms with Crippen molar-refractivity contribution in [3.63, 3.8) is 0 Å². The maximum Gasteiger partial charge on any atom is 0.336 e. The van der Waals surface area contributed by atoms with Crippen LogP contribution in [-0.2, 0) is 13.0 Å². The summed E-state index contributed by atoms with van der Waals surface area (Å²) in [4.78, 5) is 17.1. The van der Waals surface area contributed by atoms with E-state index in [2.05, 4.69) is 16.7 Å². The van der Waals surface area contributed by atoms with E-state index in [1.54, 1.807) is 6.07 Å². The van der Waals surface area contributed by atoms with Gasteiger partial charge in [0.1, 0.15) is 5.58 Å². The van der Waals surface area contributed by atoms with Crippen LogP contribution >= 0.6 is 11.6 Å². The lowest BCUT2D eigenvalue weighted by atomic mass is 10.1. The van der Waals surface area contributed by atoms with Gasteiger partial charge in [0.05, 0.1) is 0 Å². The maximum atomic E-state index is 12.0. The Kier molecular flexibility index (Phi) is 4.85. The summed E-state index contributed by atoms with van der Waals surface area (Å²) in [5.41, 5.74) is 2.42. The highest BCUT2D eigenvalue weighted by molar-refractivity contribution is 6.32. The Morgan fingerprint density at radius 1 is 1.16 bits per heavy atom. The van der Waals surface area contributed by atoms with E-state index in [4.69, 9.17) is 16.0 Å². The van der Waals surface area contributed by atoms with E-state index in [0.717, 1.165) is 47.6 Å². The minimum absolute atomic E-state index is 0.276. The molecule has 2 aliphatic rings. The normalized spacial score (nSPS) is 22.2. The van der Waals surface area contributed by atoms with Gasteiger partial charge in [-0.1, -0.05) is 18.5 Å². The Morgan fingerprint density at radius 2 is 1.96 bits per heavy atom. The van der Waals surface area contributed by atoms with Crippen LogP contribution < -0.4 is 5.63 Å². The fraction of sp³-hybridized carbons (Fsp3) is 0.550. The van der Waals surface area contributed by atoms with Gasteiger partial charge in [0.15, 0.2) is 0 Å².